The summed E-state index contributed by atoms with van der Waals surface area (Å²) < 4.78 is 27.5. The Morgan fingerprint density at radius 3 is 1.82 bits per heavy atom. The lowest BCUT2D eigenvalue weighted by Crippen LogP contribution is -2.68. The molecule has 3 aromatic carbocycles. The van der Waals surface area contributed by atoms with Crippen LogP contribution in [0.2, 0.25) is 5.04 Å². The lowest BCUT2D eigenvalue weighted by molar-refractivity contribution is 0.286. The summed E-state index contributed by atoms with van der Waals surface area (Å²) in [6.07, 6.45) is 6.99. The zero-order chi connectivity index (χ0) is 28.4. The van der Waals surface area contributed by atoms with Gasteiger partial charge in [-0.05, 0) is 58.2 Å². The molecule has 4 rings (SSSR count). The minimum absolute atomic E-state index is 0.135. The van der Waals surface area contributed by atoms with Gasteiger partial charge in [0.05, 0.1) is 12.3 Å². The number of aromatic nitrogens is 1. The number of nitrogens with zero attached hydrogens (tertiary/aromatic N) is 1. The maximum atomic E-state index is 14.8. The fraction of sp³-hybridized carbons (Fsp3) is 0.343. The van der Waals surface area contributed by atoms with Crippen molar-refractivity contribution in [2.45, 2.75) is 71.3 Å². The van der Waals surface area contributed by atoms with Gasteiger partial charge in [-0.1, -0.05) is 120 Å². The predicted octanol–water partition coefficient (Wildman–Crippen LogP) is 8.57. The summed E-state index contributed by atoms with van der Waals surface area (Å²) in [4.78, 5) is 4.20. The van der Waals surface area contributed by atoms with Crippen molar-refractivity contribution in [3.8, 4) is 22.8 Å². The van der Waals surface area contributed by atoms with E-state index in [1.54, 1.807) is 6.07 Å². The van der Waals surface area contributed by atoms with E-state index in [1.807, 2.05) is 42.5 Å². The van der Waals surface area contributed by atoms with Gasteiger partial charge in [0.25, 0.3) is 5.95 Å². The minimum Gasteiger partial charge on any atom is -0.534 e. The van der Waals surface area contributed by atoms with E-state index in [0.29, 0.717) is 12.3 Å². The first-order chi connectivity index (χ1) is 19.3. The molecule has 210 valence electrons. The highest BCUT2D eigenvalue weighted by Crippen LogP contribution is 2.38. The Morgan fingerprint density at radius 2 is 1.27 bits per heavy atom. The lowest BCUT2D eigenvalue weighted by Gasteiger charge is -2.43. The van der Waals surface area contributed by atoms with E-state index in [0.717, 1.165) is 24.2 Å². The van der Waals surface area contributed by atoms with Crippen molar-refractivity contribution < 1.29 is 13.6 Å². The lowest BCUT2D eigenvalue weighted by atomic mass is 10.1. The smallest absolute Gasteiger partial charge is 0.319 e. The van der Waals surface area contributed by atoms with Gasteiger partial charge >= 0.3 is 8.32 Å². The standard InChI is InChI=1S/C35H42FNO2Si/c1-5-6-7-8-9-16-27-38-33-26-25-32(37-34(33)36)28-21-23-29(24-22-28)39-40(35(2,3)4,30-17-12-10-13-18-30)31-19-14-11-15-20-31/h10-15,17-26H,5-9,16,27H2,1-4H3. The van der Waals surface area contributed by atoms with Crippen molar-refractivity contribution in [3.05, 3.63) is 103 Å². The van der Waals surface area contributed by atoms with Crippen molar-refractivity contribution in [1.82, 2.24) is 4.98 Å². The summed E-state index contributed by atoms with van der Waals surface area (Å²) >= 11 is 0. The molecule has 0 fully saturated rings. The Hall–Kier alpha value is -3.44. The zero-order valence-electron chi connectivity index (χ0n) is 24.3. The van der Waals surface area contributed by atoms with Crippen LogP contribution in [0.4, 0.5) is 4.39 Å². The van der Waals surface area contributed by atoms with E-state index in [-0.39, 0.29) is 10.8 Å². The number of halogens is 1. The molecule has 1 aromatic heterocycles. The SMILES string of the molecule is CCCCCCCCOc1ccc(-c2ccc(O[Si](c3ccccc3)(c3ccccc3)C(C)(C)C)cc2)nc1F. The van der Waals surface area contributed by atoms with E-state index >= 15 is 0 Å². The molecule has 40 heavy (non-hydrogen) atoms. The zero-order valence-corrected chi connectivity index (χ0v) is 25.3. The molecule has 0 saturated heterocycles. The Bertz CT molecular complexity index is 1280. The molecule has 0 radical (unpaired) electrons. The van der Waals surface area contributed by atoms with Gasteiger partial charge in [0.2, 0.25) is 0 Å². The summed E-state index contributed by atoms with van der Waals surface area (Å²) in [5, 5.41) is 2.31. The van der Waals surface area contributed by atoms with Crippen LogP contribution >= 0.6 is 0 Å². The summed E-state index contributed by atoms with van der Waals surface area (Å²) in [5.41, 5.74) is 1.40. The van der Waals surface area contributed by atoms with Gasteiger partial charge in [0.15, 0.2) is 5.75 Å². The monoisotopic (exact) mass is 555 g/mol. The topological polar surface area (TPSA) is 31.4 Å². The van der Waals surface area contributed by atoms with Gasteiger partial charge in [-0.2, -0.15) is 4.39 Å². The van der Waals surface area contributed by atoms with Gasteiger partial charge in [-0.3, -0.25) is 0 Å². The number of ether oxygens (including phenoxy) is 1. The Morgan fingerprint density at radius 1 is 0.700 bits per heavy atom. The second kappa shape index (κ2) is 13.8. The maximum Gasteiger partial charge on any atom is 0.319 e. The number of hydrogen-bond acceptors (Lipinski definition) is 3. The number of rotatable bonds is 13. The van der Waals surface area contributed by atoms with Crippen molar-refractivity contribution in [1.29, 1.82) is 0 Å². The van der Waals surface area contributed by atoms with Crippen molar-refractivity contribution in [2.75, 3.05) is 6.61 Å². The molecule has 0 aliphatic heterocycles. The van der Waals surface area contributed by atoms with Crippen LogP contribution < -0.4 is 19.5 Å². The molecule has 0 bridgehead atoms. The van der Waals surface area contributed by atoms with Crippen LogP contribution in [-0.4, -0.2) is 19.9 Å². The van der Waals surface area contributed by atoms with E-state index in [9.17, 15) is 4.39 Å². The molecule has 0 aliphatic rings. The average molecular weight is 556 g/mol. The van der Waals surface area contributed by atoms with E-state index in [4.69, 9.17) is 9.16 Å². The van der Waals surface area contributed by atoms with Crippen LogP contribution in [0.3, 0.4) is 0 Å². The molecule has 0 saturated carbocycles. The van der Waals surface area contributed by atoms with Gasteiger partial charge in [0.1, 0.15) is 5.75 Å². The van der Waals surface area contributed by atoms with Crippen molar-refractivity contribution in [2.24, 2.45) is 0 Å². The van der Waals surface area contributed by atoms with Crippen LogP contribution in [0.1, 0.15) is 66.2 Å². The van der Waals surface area contributed by atoms with Crippen LogP contribution in [0.5, 0.6) is 11.5 Å². The second-order valence-electron chi connectivity index (χ2n) is 11.4. The molecule has 0 unspecified atom stereocenters. The fourth-order valence-electron chi connectivity index (χ4n) is 5.27. The highest BCUT2D eigenvalue weighted by molar-refractivity contribution is 7.00. The molecule has 0 aliphatic carbocycles. The molecule has 0 amide bonds. The normalized spacial score (nSPS) is 11.8. The molecular weight excluding hydrogens is 513 g/mol. The number of pyridine rings is 1. The Balaban J connectivity index is 1.52. The van der Waals surface area contributed by atoms with Gasteiger partial charge in [-0.15, -0.1) is 0 Å². The number of unbranched alkanes of at least 4 members (excludes halogenated alkanes) is 5. The van der Waals surface area contributed by atoms with E-state index < -0.39 is 14.3 Å². The molecule has 0 atom stereocenters. The largest absolute Gasteiger partial charge is 0.534 e. The molecule has 1 heterocycles. The highest BCUT2D eigenvalue weighted by atomic mass is 28.4. The summed E-state index contributed by atoms with van der Waals surface area (Å²) in [7, 11) is -2.72. The van der Waals surface area contributed by atoms with Crippen molar-refractivity contribution >= 4 is 18.7 Å². The third kappa shape index (κ3) is 7.00. The van der Waals surface area contributed by atoms with Crippen LogP contribution in [0, 0.1) is 5.95 Å². The Labute approximate surface area is 240 Å². The van der Waals surface area contributed by atoms with Crippen molar-refractivity contribution in [3.63, 3.8) is 0 Å². The summed E-state index contributed by atoms with van der Waals surface area (Å²) in [6.45, 7) is 9.50. The van der Waals surface area contributed by atoms with E-state index in [1.165, 1.54) is 36.1 Å². The molecule has 4 aromatic rings. The first kappa shape index (κ1) is 29.5. The minimum atomic E-state index is -2.72. The molecule has 0 N–H and O–H groups in total. The highest BCUT2D eigenvalue weighted by Gasteiger charge is 2.52. The van der Waals surface area contributed by atoms with E-state index in [2.05, 4.69) is 81.2 Å². The quantitative estimate of drug-likeness (QED) is 0.0941. The summed E-state index contributed by atoms with van der Waals surface area (Å²) in [6, 6.07) is 32.5. The third-order valence-corrected chi connectivity index (χ3v) is 12.4. The maximum absolute atomic E-state index is 14.8. The number of hydrogen-bond donors (Lipinski definition) is 0. The van der Waals surface area contributed by atoms with Crippen LogP contribution in [0.25, 0.3) is 11.3 Å². The van der Waals surface area contributed by atoms with Gasteiger partial charge in [-0.25, -0.2) is 4.98 Å². The van der Waals surface area contributed by atoms with Crippen LogP contribution in [0.15, 0.2) is 97.1 Å². The molecular formula is C35H42FNO2Si. The molecule has 0 spiro atoms. The third-order valence-electron chi connectivity index (χ3n) is 7.41. The first-order valence-electron chi connectivity index (χ1n) is 14.5. The molecule has 5 heteroatoms. The average Bonchev–Trinajstić information content (AvgIpc) is 2.97. The predicted molar refractivity (Wildman–Crippen MR) is 167 cm³/mol. The van der Waals surface area contributed by atoms with Gasteiger partial charge < -0.3 is 9.16 Å². The van der Waals surface area contributed by atoms with Crippen LogP contribution in [-0.2, 0) is 0 Å². The summed E-state index contributed by atoms with van der Waals surface area (Å²) in [5.74, 6) is 0.428. The second-order valence-corrected chi connectivity index (χ2v) is 15.6. The first-order valence-corrected chi connectivity index (χ1v) is 16.5. The molecule has 3 nitrogen and oxygen atoms in total. The number of benzene rings is 3. The Kier molecular flexibility index (Phi) is 10.2. The van der Waals surface area contributed by atoms with Gasteiger partial charge in [0, 0.05) is 5.56 Å². The fourth-order valence-corrected chi connectivity index (χ4v) is 9.69.